The zero-order valence-corrected chi connectivity index (χ0v) is 8.10. The lowest BCUT2D eigenvalue weighted by atomic mass is 10.3. The Morgan fingerprint density at radius 3 is 2.54 bits per heavy atom. The van der Waals surface area contributed by atoms with Crippen LogP contribution in [0.3, 0.4) is 0 Å². The van der Waals surface area contributed by atoms with Crippen LogP contribution in [0.2, 0.25) is 5.02 Å². The van der Waals surface area contributed by atoms with Crippen molar-refractivity contribution in [3.05, 3.63) is 29.3 Å². The van der Waals surface area contributed by atoms with Gasteiger partial charge in [-0.15, -0.1) is 11.6 Å². The number of carbonyl (C=O) groups excluding carboxylic acids is 1. The highest BCUT2D eigenvalue weighted by Gasteiger charge is 1.99. The highest BCUT2D eigenvalue weighted by atomic mass is 35.5. The van der Waals surface area contributed by atoms with E-state index in [4.69, 9.17) is 23.2 Å². The molecule has 0 saturated heterocycles. The third kappa shape index (κ3) is 3.53. The lowest BCUT2D eigenvalue weighted by Gasteiger charge is -2.04. The molecule has 0 aromatic heterocycles. The van der Waals surface area contributed by atoms with Gasteiger partial charge in [-0.2, -0.15) is 0 Å². The van der Waals surface area contributed by atoms with Gasteiger partial charge in [-0.3, -0.25) is 0 Å². The van der Waals surface area contributed by atoms with Gasteiger partial charge in [0.15, 0.2) is 0 Å². The first-order valence-electron chi connectivity index (χ1n) is 3.49. The molecule has 0 atom stereocenters. The van der Waals surface area contributed by atoms with Gasteiger partial charge < -0.3 is 4.84 Å². The van der Waals surface area contributed by atoms with Crippen LogP contribution in [-0.4, -0.2) is 11.8 Å². The largest absolute Gasteiger partial charge is 0.346 e. The number of hydrogen-bond acceptors (Lipinski definition) is 3. The molecule has 0 saturated carbocycles. The molecule has 0 radical (unpaired) electrons. The maximum atomic E-state index is 10.6. The zero-order chi connectivity index (χ0) is 9.68. The van der Waals surface area contributed by atoms with Gasteiger partial charge in [-0.05, 0) is 24.3 Å². The standard InChI is InChI=1S/C8H7Cl2NO2/c9-5-8(12)13-11-7-3-1-6(10)2-4-7/h1-4,11H,5H2. The number of alkyl halides is 1. The minimum atomic E-state index is -0.531. The average molecular weight is 220 g/mol. The van der Waals surface area contributed by atoms with Crippen LogP contribution in [-0.2, 0) is 9.63 Å². The second-order valence-electron chi connectivity index (χ2n) is 2.22. The van der Waals surface area contributed by atoms with E-state index in [2.05, 4.69) is 10.3 Å². The molecule has 1 rings (SSSR count). The van der Waals surface area contributed by atoms with E-state index in [-0.39, 0.29) is 5.88 Å². The maximum Gasteiger partial charge on any atom is 0.346 e. The van der Waals surface area contributed by atoms with Gasteiger partial charge in [0.2, 0.25) is 0 Å². The first-order chi connectivity index (χ1) is 6.22. The summed E-state index contributed by atoms with van der Waals surface area (Å²) >= 11 is 10.9. The van der Waals surface area contributed by atoms with Gasteiger partial charge in [0, 0.05) is 5.02 Å². The van der Waals surface area contributed by atoms with Crippen molar-refractivity contribution < 1.29 is 9.63 Å². The van der Waals surface area contributed by atoms with Crippen LogP contribution >= 0.6 is 23.2 Å². The minimum absolute atomic E-state index is 0.180. The Kier molecular flexibility index (Phi) is 3.86. The SMILES string of the molecule is O=C(CCl)ONc1ccc(Cl)cc1. The lowest BCUT2D eigenvalue weighted by molar-refractivity contribution is -0.137. The highest BCUT2D eigenvalue weighted by molar-refractivity contribution is 6.30. The number of benzene rings is 1. The van der Waals surface area contributed by atoms with Crippen LogP contribution < -0.4 is 5.48 Å². The molecule has 0 aliphatic carbocycles. The van der Waals surface area contributed by atoms with Gasteiger partial charge in [0.1, 0.15) is 5.88 Å². The summed E-state index contributed by atoms with van der Waals surface area (Å²) in [5.74, 6) is -0.711. The number of hydrogen-bond donors (Lipinski definition) is 1. The second-order valence-corrected chi connectivity index (χ2v) is 2.92. The molecule has 70 valence electrons. The Bertz CT molecular complexity index is 287. The van der Waals surface area contributed by atoms with Gasteiger partial charge in [-0.25, -0.2) is 10.3 Å². The number of carbonyl (C=O) groups is 1. The third-order valence-corrected chi connectivity index (χ3v) is 1.71. The quantitative estimate of drug-likeness (QED) is 0.628. The van der Waals surface area contributed by atoms with E-state index in [1.54, 1.807) is 24.3 Å². The summed E-state index contributed by atoms with van der Waals surface area (Å²) in [6.45, 7) is 0. The zero-order valence-electron chi connectivity index (χ0n) is 6.59. The summed E-state index contributed by atoms with van der Waals surface area (Å²) in [6.07, 6.45) is 0. The summed E-state index contributed by atoms with van der Waals surface area (Å²) < 4.78 is 0. The van der Waals surface area contributed by atoms with E-state index in [9.17, 15) is 4.79 Å². The molecule has 0 aliphatic heterocycles. The average Bonchev–Trinajstić information content (AvgIpc) is 2.16. The fourth-order valence-corrected chi connectivity index (χ4v) is 0.842. The first kappa shape index (κ1) is 10.2. The van der Waals surface area contributed by atoms with Crippen LogP contribution in [0, 0.1) is 0 Å². The molecule has 3 nitrogen and oxygen atoms in total. The molecule has 13 heavy (non-hydrogen) atoms. The van der Waals surface area contributed by atoms with Crippen molar-refractivity contribution >= 4 is 34.9 Å². The molecule has 0 aliphatic rings. The van der Waals surface area contributed by atoms with Crippen molar-refractivity contribution in [1.82, 2.24) is 0 Å². The van der Waals surface area contributed by atoms with E-state index in [1.807, 2.05) is 0 Å². The number of nitrogens with one attached hydrogen (secondary N) is 1. The van der Waals surface area contributed by atoms with Crippen LogP contribution in [0.5, 0.6) is 0 Å². The smallest absolute Gasteiger partial charge is 0.342 e. The van der Waals surface area contributed by atoms with Crippen molar-refractivity contribution in [3.63, 3.8) is 0 Å². The topological polar surface area (TPSA) is 38.3 Å². The molecule has 0 fully saturated rings. The van der Waals surface area contributed by atoms with Gasteiger partial charge in [0.05, 0.1) is 5.69 Å². The van der Waals surface area contributed by atoms with Crippen LogP contribution in [0.15, 0.2) is 24.3 Å². The molecule has 1 aromatic rings. The van der Waals surface area contributed by atoms with Crippen molar-refractivity contribution in [3.8, 4) is 0 Å². The second kappa shape index (κ2) is 4.94. The molecule has 5 heteroatoms. The third-order valence-electron chi connectivity index (χ3n) is 1.24. The fourth-order valence-electron chi connectivity index (χ4n) is 0.661. The minimum Gasteiger partial charge on any atom is -0.342 e. The maximum absolute atomic E-state index is 10.6. The summed E-state index contributed by atoms with van der Waals surface area (Å²) in [7, 11) is 0. The Labute approximate surface area is 85.5 Å². The predicted octanol–water partition coefficient (Wildman–Crippen LogP) is 2.45. The molecule has 1 N–H and O–H groups in total. The van der Waals surface area contributed by atoms with Gasteiger partial charge in [-0.1, -0.05) is 11.6 Å². The van der Waals surface area contributed by atoms with E-state index < -0.39 is 5.97 Å². The van der Waals surface area contributed by atoms with Gasteiger partial charge in [0.25, 0.3) is 0 Å². The number of halogens is 2. The fraction of sp³-hybridized carbons (Fsp3) is 0.125. The van der Waals surface area contributed by atoms with Crippen molar-refractivity contribution in [2.24, 2.45) is 0 Å². The number of rotatable bonds is 3. The van der Waals surface area contributed by atoms with Gasteiger partial charge >= 0.3 is 5.97 Å². The summed E-state index contributed by atoms with van der Waals surface area (Å²) in [6, 6.07) is 6.73. The normalized spacial score (nSPS) is 9.38. The summed E-state index contributed by atoms with van der Waals surface area (Å²) in [5.41, 5.74) is 3.07. The van der Waals surface area contributed by atoms with E-state index in [1.165, 1.54) is 0 Å². The van der Waals surface area contributed by atoms with Crippen LogP contribution in [0.4, 0.5) is 5.69 Å². The van der Waals surface area contributed by atoms with E-state index >= 15 is 0 Å². The first-order valence-corrected chi connectivity index (χ1v) is 4.41. The van der Waals surface area contributed by atoms with Crippen molar-refractivity contribution in [2.45, 2.75) is 0 Å². The highest BCUT2D eigenvalue weighted by Crippen LogP contribution is 2.13. The summed E-state index contributed by atoms with van der Waals surface area (Å²) in [5, 5.41) is 0.620. The molecular formula is C8H7Cl2NO2. The van der Waals surface area contributed by atoms with E-state index in [0.717, 1.165) is 0 Å². The van der Waals surface area contributed by atoms with E-state index in [0.29, 0.717) is 10.7 Å². The molecule has 1 aromatic carbocycles. The van der Waals surface area contributed by atoms with Crippen LogP contribution in [0.25, 0.3) is 0 Å². The molecule has 0 spiro atoms. The summed E-state index contributed by atoms with van der Waals surface area (Å²) in [4.78, 5) is 15.2. The Balaban J connectivity index is 2.46. The molecule has 0 bridgehead atoms. The Morgan fingerprint density at radius 1 is 1.38 bits per heavy atom. The molecule has 0 heterocycles. The monoisotopic (exact) mass is 219 g/mol. The molecular weight excluding hydrogens is 213 g/mol. The lowest BCUT2D eigenvalue weighted by Crippen LogP contribution is -2.11. The predicted molar refractivity (Wildman–Crippen MR) is 51.9 cm³/mol. The number of anilines is 1. The van der Waals surface area contributed by atoms with Crippen LogP contribution in [0.1, 0.15) is 0 Å². The van der Waals surface area contributed by atoms with Crippen molar-refractivity contribution in [2.75, 3.05) is 11.4 Å². The van der Waals surface area contributed by atoms with Crippen molar-refractivity contribution in [1.29, 1.82) is 0 Å². The molecule has 0 unspecified atom stereocenters. The Hall–Kier alpha value is -0.930. The Morgan fingerprint density at radius 2 is 2.00 bits per heavy atom. The molecule has 0 amide bonds.